The minimum atomic E-state index is -0.642. The predicted octanol–water partition coefficient (Wildman–Crippen LogP) is 3.46. The van der Waals surface area contributed by atoms with Gasteiger partial charge in [-0.3, -0.25) is 10.1 Å². The molecule has 0 saturated carbocycles. The van der Waals surface area contributed by atoms with Gasteiger partial charge in [-0.1, -0.05) is 13.8 Å². The summed E-state index contributed by atoms with van der Waals surface area (Å²) >= 11 is 2.80. The summed E-state index contributed by atoms with van der Waals surface area (Å²) in [5.74, 6) is 1.34. The Morgan fingerprint density at radius 2 is 2.19 bits per heavy atom. The van der Waals surface area contributed by atoms with Crippen LogP contribution in [0.25, 0.3) is 0 Å². The molecule has 1 atom stereocenters. The SMILES string of the molecule is CC(C)CSc1sc([C@H](C)O)cc1[N+](=O)[O-]. The van der Waals surface area contributed by atoms with Crippen LogP contribution >= 0.6 is 23.1 Å². The van der Waals surface area contributed by atoms with Gasteiger partial charge in [-0.2, -0.15) is 0 Å². The van der Waals surface area contributed by atoms with Crippen molar-refractivity contribution in [3.63, 3.8) is 0 Å². The molecule has 90 valence electrons. The van der Waals surface area contributed by atoms with E-state index in [-0.39, 0.29) is 10.6 Å². The summed E-state index contributed by atoms with van der Waals surface area (Å²) in [7, 11) is 0. The second kappa shape index (κ2) is 5.65. The lowest BCUT2D eigenvalue weighted by Crippen LogP contribution is -1.91. The first kappa shape index (κ1) is 13.5. The molecular weight excluding hydrogens is 246 g/mol. The topological polar surface area (TPSA) is 63.4 Å². The van der Waals surface area contributed by atoms with Gasteiger partial charge in [0.2, 0.25) is 0 Å². The Bertz CT molecular complexity index is 374. The third-order valence-electron chi connectivity index (χ3n) is 1.85. The van der Waals surface area contributed by atoms with E-state index in [0.29, 0.717) is 15.0 Å². The van der Waals surface area contributed by atoms with Crippen LogP contribution in [0, 0.1) is 16.0 Å². The molecule has 0 fully saturated rings. The molecule has 0 radical (unpaired) electrons. The summed E-state index contributed by atoms with van der Waals surface area (Å²) in [6.07, 6.45) is -0.642. The van der Waals surface area contributed by atoms with Crippen molar-refractivity contribution in [3.8, 4) is 0 Å². The smallest absolute Gasteiger partial charge is 0.294 e. The second-order valence-corrected chi connectivity index (χ2v) is 6.33. The zero-order valence-corrected chi connectivity index (χ0v) is 11.1. The minimum Gasteiger partial charge on any atom is -0.388 e. The van der Waals surface area contributed by atoms with E-state index in [9.17, 15) is 15.2 Å². The van der Waals surface area contributed by atoms with Crippen molar-refractivity contribution in [1.82, 2.24) is 0 Å². The molecule has 1 heterocycles. The molecule has 1 aromatic rings. The summed E-state index contributed by atoms with van der Waals surface area (Å²) in [5, 5.41) is 20.2. The van der Waals surface area contributed by atoms with Gasteiger partial charge in [-0.25, -0.2) is 0 Å². The summed E-state index contributed by atoms with van der Waals surface area (Å²) < 4.78 is 0.689. The van der Waals surface area contributed by atoms with Crippen LogP contribution in [0.15, 0.2) is 10.3 Å². The highest BCUT2D eigenvalue weighted by Crippen LogP contribution is 2.40. The highest BCUT2D eigenvalue weighted by atomic mass is 32.2. The summed E-state index contributed by atoms with van der Waals surface area (Å²) in [6, 6.07) is 1.47. The van der Waals surface area contributed by atoms with Crippen molar-refractivity contribution in [1.29, 1.82) is 0 Å². The van der Waals surface area contributed by atoms with E-state index < -0.39 is 6.10 Å². The third kappa shape index (κ3) is 3.47. The van der Waals surface area contributed by atoms with Crippen molar-refractivity contribution >= 4 is 28.8 Å². The van der Waals surface area contributed by atoms with E-state index in [4.69, 9.17) is 0 Å². The van der Waals surface area contributed by atoms with Crippen LogP contribution in [0.5, 0.6) is 0 Å². The molecule has 0 unspecified atom stereocenters. The van der Waals surface area contributed by atoms with E-state index in [0.717, 1.165) is 5.75 Å². The molecular formula is C10H15NO3S2. The van der Waals surface area contributed by atoms with Gasteiger partial charge in [0.05, 0.1) is 11.0 Å². The van der Waals surface area contributed by atoms with E-state index >= 15 is 0 Å². The van der Waals surface area contributed by atoms with Crippen LogP contribution in [0.1, 0.15) is 31.8 Å². The zero-order valence-electron chi connectivity index (χ0n) is 9.47. The number of rotatable bonds is 5. The maximum atomic E-state index is 10.8. The maximum absolute atomic E-state index is 10.8. The number of hydrogen-bond donors (Lipinski definition) is 1. The molecule has 0 aliphatic rings. The average molecular weight is 261 g/mol. The van der Waals surface area contributed by atoms with Gasteiger partial charge in [-0.15, -0.1) is 23.1 Å². The van der Waals surface area contributed by atoms with Crippen molar-refractivity contribution in [2.24, 2.45) is 5.92 Å². The number of aliphatic hydroxyl groups is 1. The Kier molecular flexibility index (Phi) is 4.76. The maximum Gasteiger partial charge on any atom is 0.294 e. The number of thiophene rings is 1. The molecule has 0 saturated heterocycles. The molecule has 0 aliphatic carbocycles. The Morgan fingerprint density at radius 1 is 1.56 bits per heavy atom. The fourth-order valence-corrected chi connectivity index (χ4v) is 3.35. The molecule has 6 heteroatoms. The Hall–Kier alpha value is -0.590. The van der Waals surface area contributed by atoms with Crippen LogP contribution in [-0.2, 0) is 0 Å². The van der Waals surface area contributed by atoms with E-state index in [1.165, 1.54) is 29.2 Å². The molecule has 0 aliphatic heterocycles. The van der Waals surface area contributed by atoms with Gasteiger partial charge in [0.1, 0.15) is 4.21 Å². The van der Waals surface area contributed by atoms with Crippen LogP contribution in [0.4, 0.5) is 5.69 Å². The lowest BCUT2D eigenvalue weighted by Gasteiger charge is -2.01. The monoisotopic (exact) mass is 261 g/mol. The minimum absolute atomic E-state index is 0.117. The molecule has 0 aromatic carbocycles. The summed E-state index contributed by atoms with van der Waals surface area (Å²) in [6.45, 7) is 5.76. The number of aliphatic hydroxyl groups excluding tert-OH is 1. The molecule has 0 bridgehead atoms. The van der Waals surface area contributed by atoms with Crippen molar-refractivity contribution in [2.75, 3.05) is 5.75 Å². The highest BCUT2D eigenvalue weighted by molar-refractivity contribution is 8.01. The van der Waals surface area contributed by atoms with Crippen molar-refractivity contribution < 1.29 is 10.0 Å². The van der Waals surface area contributed by atoms with E-state index in [1.807, 2.05) is 0 Å². The lowest BCUT2D eigenvalue weighted by molar-refractivity contribution is -0.387. The quantitative estimate of drug-likeness (QED) is 0.501. The Labute approximate surface area is 103 Å². The largest absolute Gasteiger partial charge is 0.388 e. The molecule has 0 spiro atoms. The molecule has 1 N–H and O–H groups in total. The molecule has 1 aromatic heterocycles. The Balaban J connectivity index is 2.91. The zero-order chi connectivity index (χ0) is 12.3. The van der Waals surface area contributed by atoms with Crippen LogP contribution in [-0.4, -0.2) is 15.8 Å². The number of hydrogen-bond acceptors (Lipinski definition) is 5. The molecule has 16 heavy (non-hydrogen) atoms. The molecule has 1 rings (SSSR count). The van der Waals surface area contributed by atoms with Crippen molar-refractivity contribution in [2.45, 2.75) is 31.1 Å². The van der Waals surface area contributed by atoms with E-state index in [1.54, 1.807) is 6.92 Å². The molecule has 4 nitrogen and oxygen atoms in total. The third-order valence-corrected chi connectivity index (χ3v) is 4.85. The molecule has 0 amide bonds. The van der Waals surface area contributed by atoms with Crippen LogP contribution < -0.4 is 0 Å². The van der Waals surface area contributed by atoms with Gasteiger partial charge in [0, 0.05) is 16.7 Å². The average Bonchev–Trinajstić information content (AvgIpc) is 2.58. The highest BCUT2D eigenvalue weighted by Gasteiger charge is 2.21. The van der Waals surface area contributed by atoms with Gasteiger partial charge in [0.15, 0.2) is 0 Å². The lowest BCUT2D eigenvalue weighted by atomic mass is 10.3. The number of nitro groups is 1. The van der Waals surface area contributed by atoms with E-state index in [2.05, 4.69) is 13.8 Å². The van der Waals surface area contributed by atoms with Gasteiger partial charge in [0.25, 0.3) is 5.69 Å². The number of thioether (sulfide) groups is 1. The van der Waals surface area contributed by atoms with Gasteiger partial charge < -0.3 is 5.11 Å². The normalized spacial score (nSPS) is 13.1. The summed E-state index contributed by atoms with van der Waals surface area (Å²) in [4.78, 5) is 11.1. The fourth-order valence-electron chi connectivity index (χ4n) is 1.06. The summed E-state index contributed by atoms with van der Waals surface area (Å²) in [5.41, 5.74) is 0.117. The van der Waals surface area contributed by atoms with Crippen LogP contribution in [0.3, 0.4) is 0 Å². The van der Waals surface area contributed by atoms with Gasteiger partial charge in [-0.05, 0) is 12.8 Å². The van der Waals surface area contributed by atoms with Crippen molar-refractivity contribution in [3.05, 3.63) is 21.1 Å². The predicted molar refractivity (Wildman–Crippen MR) is 67.2 cm³/mol. The first-order chi connectivity index (χ1) is 7.41. The first-order valence-corrected chi connectivity index (χ1v) is 6.81. The fraction of sp³-hybridized carbons (Fsp3) is 0.600. The van der Waals surface area contributed by atoms with Gasteiger partial charge >= 0.3 is 0 Å². The first-order valence-electron chi connectivity index (χ1n) is 5.00. The van der Waals surface area contributed by atoms with Crippen LogP contribution in [0.2, 0.25) is 0 Å². The number of nitrogens with zero attached hydrogens (tertiary/aromatic N) is 1. The second-order valence-electron chi connectivity index (χ2n) is 3.96. The Morgan fingerprint density at radius 3 is 2.62 bits per heavy atom. The standard InChI is InChI=1S/C10H15NO3S2/c1-6(2)5-15-10-8(11(13)14)4-9(16-10)7(3)12/h4,6-7,12H,5H2,1-3H3/t7-/m0/s1.